The van der Waals surface area contributed by atoms with Gasteiger partial charge in [0.2, 0.25) is 5.95 Å². The van der Waals surface area contributed by atoms with Crippen LogP contribution < -0.4 is 56.9 Å². The van der Waals surface area contributed by atoms with Crippen LogP contribution in [0.1, 0.15) is 75.0 Å². The highest BCUT2D eigenvalue weighted by atomic mass is 31.2. The molecule has 6 fully saturated rings. The summed E-state index contributed by atoms with van der Waals surface area (Å²) in [5, 5.41) is 31.8. The molecule has 57 nitrogen and oxygen atoms in total. The van der Waals surface area contributed by atoms with Crippen molar-refractivity contribution in [3.05, 3.63) is 120 Å². The van der Waals surface area contributed by atoms with Crippen molar-refractivity contribution in [1.82, 2.24) is 87.2 Å². The van der Waals surface area contributed by atoms with Crippen molar-refractivity contribution >= 4 is 102 Å². The van der Waals surface area contributed by atoms with Crippen molar-refractivity contribution in [2.24, 2.45) is 0 Å². The number of aromatic nitrogens is 18. The Hall–Kier alpha value is -8.92. The van der Waals surface area contributed by atoms with Crippen LogP contribution in [-0.4, -0.2) is 246 Å². The second kappa shape index (κ2) is 34.1. The lowest BCUT2D eigenvalue weighted by molar-refractivity contribution is -0.0652. The Labute approximate surface area is 667 Å². The molecular formula is C58H74N23O34P5. The maximum Gasteiger partial charge on any atom is 0.472 e. The zero-order valence-electron chi connectivity index (χ0n) is 61.5. The predicted octanol–water partition coefficient (Wildman–Crippen LogP) is -3.36. The molecule has 0 bridgehead atoms. The predicted molar refractivity (Wildman–Crippen MR) is 393 cm³/mol. The van der Waals surface area contributed by atoms with E-state index in [1.165, 1.54) is 47.0 Å². The molecule has 0 aliphatic carbocycles. The maximum absolute atomic E-state index is 14.5. The Bertz CT molecular complexity index is 5920. The number of hydrogen-bond donors (Lipinski definition) is 15. The van der Waals surface area contributed by atoms with Crippen LogP contribution in [0.15, 0.2) is 86.3 Å². The lowest BCUT2D eigenvalue weighted by Gasteiger charge is -2.26. The van der Waals surface area contributed by atoms with Crippen LogP contribution in [0.2, 0.25) is 0 Å². The van der Waals surface area contributed by atoms with E-state index in [1.807, 2.05) is 0 Å². The first-order chi connectivity index (χ1) is 56.8. The average Bonchev–Trinajstić information content (AvgIpc) is 1.63. The molecule has 9 aromatic heterocycles. The number of anilines is 5. The van der Waals surface area contributed by atoms with E-state index in [0.717, 1.165) is 49.6 Å². The molecule has 650 valence electrons. The fourth-order valence-electron chi connectivity index (χ4n) is 14.0. The van der Waals surface area contributed by atoms with Gasteiger partial charge in [-0.3, -0.25) is 92.2 Å². The van der Waals surface area contributed by atoms with Gasteiger partial charge in [-0.15, -0.1) is 0 Å². The average molecular weight is 1790 g/mol. The molecule has 0 radical (unpaired) electrons. The highest BCUT2D eigenvalue weighted by Gasteiger charge is 2.52. The van der Waals surface area contributed by atoms with Gasteiger partial charge in [0.15, 0.2) is 40.3 Å². The third kappa shape index (κ3) is 18.7. The SMILES string of the molecule is Cc1cn([C@H]2C[C@H](OP(=O)(O)OC[C@H]3O[C@@H](n4cnc5c(N)ncnc54)C[C@@H]3OP(=O)(O)OC[C@H]3O[C@@H](n4ccc(N)nc4=O)[C@H](O)[C@@H]3O)[C@@H](COP(=O)(O)O[C@H]3C[C@H](n4cnc5c(=O)[nH]c(N)nc54)O[C@@H]3COP(=O)(O)O[C@H]3C[C@H](n4cnc5c(N)ncnc54)O[C@@H]3COP(=O)(O)O[C@H]3C[C@H](n4ccc(N)nc4=O)O[C@@H]3CO)O2)c(=O)[nH]c1=O. The molecule has 24 atom stereocenters. The van der Waals surface area contributed by atoms with Crippen molar-refractivity contribution in [2.75, 3.05) is 68.3 Å². The number of aliphatic hydroxyl groups is 3. The maximum atomic E-state index is 14.5. The van der Waals surface area contributed by atoms with Gasteiger partial charge in [-0.05, 0) is 19.1 Å². The number of H-pyrrole nitrogens is 2. The molecule has 0 aromatic carbocycles. The number of rotatable bonds is 32. The van der Waals surface area contributed by atoms with E-state index in [0.29, 0.717) is 0 Å². The number of phosphoric ester groups is 5. The van der Waals surface area contributed by atoms with E-state index < -0.39 is 255 Å². The summed E-state index contributed by atoms with van der Waals surface area (Å²) in [6.07, 6.45) is -23.1. The van der Waals surface area contributed by atoms with Crippen LogP contribution in [-0.2, 0) is 96.5 Å². The molecule has 0 saturated carbocycles. The molecule has 15 heterocycles. The molecule has 120 heavy (non-hydrogen) atoms. The molecule has 62 heteroatoms. The Morgan fingerprint density at radius 1 is 0.433 bits per heavy atom. The van der Waals surface area contributed by atoms with Crippen molar-refractivity contribution in [1.29, 1.82) is 0 Å². The summed E-state index contributed by atoms with van der Waals surface area (Å²) < 4.78 is 169. The van der Waals surface area contributed by atoms with E-state index in [-0.39, 0.29) is 68.7 Å². The Kier molecular flexibility index (Phi) is 24.4. The highest BCUT2D eigenvalue weighted by molar-refractivity contribution is 7.48. The molecule has 6 aliphatic heterocycles. The number of aryl methyl sites for hydroxylation is 1. The number of nitrogens with two attached hydrogens (primary N) is 5. The number of aromatic amines is 2. The van der Waals surface area contributed by atoms with E-state index in [9.17, 15) is 86.6 Å². The number of nitrogens with zero attached hydrogens (tertiary/aromatic N) is 16. The summed E-state index contributed by atoms with van der Waals surface area (Å²) >= 11 is 0. The second-order valence-corrected chi connectivity index (χ2v) is 34.6. The minimum Gasteiger partial charge on any atom is -0.394 e. The fourth-order valence-corrected chi connectivity index (χ4v) is 18.8. The van der Waals surface area contributed by atoms with E-state index >= 15 is 0 Å². The van der Waals surface area contributed by atoms with Crippen LogP contribution >= 0.6 is 39.1 Å². The van der Waals surface area contributed by atoms with Crippen LogP contribution in [0.4, 0.5) is 29.2 Å². The Morgan fingerprint density at radius 3 is 1.22 bits per heavy atom. The number of fused-ring (bicyclic) bond motifs is 3. The first-order valence-electron chi connectivity index (χ1n) is 35.6. The smallest absolute Gasteiger partial charge is 0.394 e. The number of hydrogen-bond acceptors (Lipinski definition) is 44. The topological polar surface area (TPSA) is 800 Å². The summed E-state index contributed by atoms with van der Waals surface area (Å²) in [5.41, 5.74) is 24.5. The van der Waals surface area contributed by atoms with Gasteiger partial charge in [-0.1, -0.05) is 0 Å². The lowest BCUT2D eigenvalue weighted by Crippen LogP contribution is -2.36. The van der Waals surface area contributed by atoms with Gasteiger partial charge >= 0.3 is 56.2 Å². The third-order valence-electron chi connectivity index (χ3n) is 19.7. The molecule has 20 N–H and O–H groups in total. The van der Waals surface area contributed by atoms with Crippen LogP contribution in [0.25, 0.3) is 33.5 Å². The van der Waals surface area contributed by atoms with Gasteiger partial charge in [0, 0.05) is 56.3 Å². The van der Waals surface area contributed by atoms with Gasteiger partial charge in [-0.2, -0.15) is 15.0 Å². The molecule has 15 rings (SSSR count). The minimum atomic E-state index is -5.66. The zero-order chi connectivity index (χ0) is 85.4. The molecule has 6 saturated heterocycles. The second-order valence-electron chi connectivity index (χ2n) is 27.6. The van der Waals surface area contributed by atoms with Gasteiger partial charge in [0.1, 0.15) is 146 Å². The molecule has 0 amide bonds. The number of aliphatic hydroxyl groups excluding tert-OH is 3. The standard InChI is InChI=1S/C58H74N23O34P5/c1-23-11-78(58(89)75-52(23)85)38-7-25(112-117(92,93)102-15-32-27(9-40(108-32)80-21-69-43-48(62)65-19-67-50(43)80)115-120(98,99)104-17-34-45(83)46(84)54(110-34)77-5-3-36(60)72-57(77)88)30(106-38)13-101-118(94,95)114-28-10-41(81-22-70-44-51(81)73-55(63)74-53(44)86)109-33(28)16-103-119(96,97)113-26-8-39(79-20-68-42-47(61)64-18-66-49(42)79)107-31(26)14-100-116(90,91)111-24-6-37(105-29(24)12-82)76-4-2-35(59)71-56(76)87/h2-5,11,18-22,24-34,37-41,45-46,54,82-84H,6-10,12-17H2,1H3,(H,90,91)(H,92,93)(H,94,95)(H,96,97)(H,98,99)(H2,59,71,87)(H2,60,72,88)(H2,61,64,66)(H2,62,65,67)(H,75,85,89)(H3,63,73,74,86)/t24-,25-,26-,27-,28-,29+,30+,31+,32+,33+,34+,37+,38+,39+,40+,41+,45+,46+,54+/m0/s1. The van der Waals surface area contributed by atoms with Crippen molar-refractivity contribution in [3.63, 3.8) is 0 Å². The van der Waals surface area contributed by atoms with Crippen LogP contribution in [0.5, 0.6) is 0 Å². The zero-order valence-corrected chi connectivity index (χ0v) is 66.0. The minimum absolute atomic E-state index is 0.0420. The van der Waals surface area contributed by atoms with E-state index in [1.54, 1.807) is 0 Å². The van der Waals surface area contributed by atoms with Crippen molar-refractivity contribution in [2.45, 2.75) is 156 Å². The normalized spacial score (nSPS) is 30.3. The summed E-state index contributed by atoms with van der Waals surface area (Å²) in [6.45, 7) is -4.70. The van der Waals surface area contributed by atoms with Crippen molar-refractivity contribution < 1.29 is 136 Å². The number of phosphoric acid groups is 5. The quantitative estimate of drug-likeness (QED) is 0.0183. The van der Waals surface area contributed by atoms with Crippen molar-refractivity contribution in [3.8, 4) is 0 Å². The van der Waals surface area contributed by atoms with E-state index in [4.69, 9.17) is 102 Å². The van der Waals surface area contributed by atoms with Crippen LogP contribution in [0, 0.1) is 6.92 Å². The number of nitrogen functional groups attached to an aromatic ring is 5. The van der Waals surface area contributed by atoms with Gasteiger partial charge in [0.25, 0.3) is 11.1 Å². The fraction of sp³-hybridized carbons (Fsp3) is 0.534. The summed E-state index contributed by atoms with van der Waals surface area (Å²) in [6, 6.07) is 2.49. The largest absolute Gasteiger partial charge is 0.472 e. The number of nitrogens with one attached hydrogen (secondary N) is 2. The highest BCUT2D eigenvalue weighted by Crippen LogP contribution is 2.57. The first kappa shape index (κ1) is 86.0. The monoisotopic (exact) mass is 1790 g/mol. The number of ether oxygens (including phenoxy) is 6. The summed E-state index contributed by atoms with van der Waals surface area (Å²) in [7, 11) is -27.5. The Morgan fingerprint density at radius 2 is 0.800 bits per heavy atom. The van der Waals surface area contributed by atoms with Crippen LogP contribution in [0.3, 0.4) is 0 Å². The molecule has 5 unspecified atom stereocenters. The summed E-state index contributed by atoms with van der Waals surface area (Å²) in [4.78, 5) is 166. The van der Waals surface area contributed by atoms with Gasteiger partial charge in [-0.25, -0.2) is 72.1 Å². The summed E-state index contributed by atoms with van der Waals surface area (Å²) in [5.74, 6) is -0.796. The van der Waals surface area contributed by atoms with Gasteiger partial charge < -0.3 is 96.9 Å². The van der Waals surface area contributed by atoms with Gasteiger partial charge in [0.05, 0.1) is 58.6 Å². The molecule has 0 spiro atoms. The molecular weight excluding hydrogens is 1720 g/mol. The molecule has 6 aliphatic rings. The third-order valence-corrected chi connectivity index (χ3v) is 24.7. The first-order valence-corrected chi connectivity index (χ1v) is 43.1. The Balaban J connectivity index is 0.641. The lowest BCUT2D eigenvalue weighted by atomic mass is 10.1. The number of imidazole rings is 3. The van der Waals surface area contributed by atoms with E-state index in [2.05, 4.69) is 59.8 Å². The molecule has 9 aromatic rings.